The number of nitrogens with two attached hydrogens (primary N) is 1. The first kappa shape index (κ1) is 13.7. The Bertz CT molecular complexity index is 425. The molecular weight excluding hydrogens is 214 g/mol. The van der Waals surface area contributed by atoms with Gasteiger partial charge in [0.25, 0.3) is 0 Å². The number of Topliss-reactive ketones (excluding diaryl/α,β-unsaturated/α-hetero) is 1. The maximum absolute atomic E-state index is 12.0. The number of methoxy groups -OCH3 is 1. The van der Waals surface area contributed by atoms with Crippen molar-refractivity contribution in [2.45, 2.75) is 33.6 Å². The lowest BCUT2D eigenvalue weighted by Crippen LogP contribution is -2.08. The number of rotatable bonds is 5. The van der Waals surface area contributed by atoms with Crippen molar-refractivity contribution in [1.82, 2.24) is 0 Å². The van der Waals surface area contributed by atoms with Gasteiger partial charge in [-0.2, -0.15) is 0 Å². The zero-order chi connectivity index (χ0) is 13.0. The summed E-state index contributed by atoms with van der Waals surface area (Å²) in [4.78, 5) is 12.0. The summed E-state index contributed by atoms with van der Waals surface area (Å²) in [7, 11) is 1.66. The summed E-state index contributed by atoms with van der Waals surface area (Å²) in [6.07, 6.45) is 1.25. The number of hydrogen-bond acceptors (Lipinski definition) is 3. The van der Waals surface area contributed by atoms with E-state index < -0.39 is 0 Å². The van der Waals surface area contributed by atoms with Crippen LogP contribution in [0.1, 0.15) is 39.9 Å². The number of hydrogen-bond donors (Lipinski definition) is 1. The van der Waals surface area contributed by atoms with E-state index in [2.05, 4.69) is 0 Å². The molecule has 0 bridgehead atoms. The van der Waals surface area contributed by atoms with Gasteiger partial charge in [0.15, 0.2) is 5.78 Å². The van der Waals surface area contributed by atoms with Gasteiger partial charge in [0.05, 0.1) is 7.11 Å². The Labute approximate surface area is 103 Å². The molecule has 3 nitrogen and oxygen atoms in total. The minimum atomic E-state index is 0.168. The van der Waals surface area contributed by atoms with Gasteiger partial charge < -0.3 is 10.5 Å². The van der Waals surface area contributed by atoms with Gasteiger partial charge >= 0.3 is 0 Å². The number of ether oxygens (including phenoxy) is 1. The topological polar surface area (TPSA) is 52.3 Å². The molecule has 0 heterocycles. The lowest BCUT2D eigenvalue weighted by Gasteiger charge is -2.14. The molecule has 0 aliphatic carbocycles. The molecule has 1 rings (SSSR count). The monoisotopic (exact) mass is 235 g/mol. The van der Waals surface area contributed by atoms with E-state index in [0.717, 1.165) is 34.4 Å². The molecule has 0 spiro atoms. The molecule has 0 aromatic heterocycles. The van der Waals surface area contributed by atoms with Crippen LogP contribution in [0.5, 0.6) is 5.75 Å². The Balaban J connectivity index is 3.14. The van der Waals surface area contributed by atoms with Gasteiger partial charge in [-0.05, 0) is 56.5 Å². The summed E-state index contributed by atoms with van der Waals surface area (Å²) in [5.41, 5.74) is 9.29. The highest BCUT2D eigenvalue weighted by atomic mass is 16.5. The van der Waals surface area contributed by atoms with E-state index in [1.807, 2.05) is 26.8 Å². The van der Waals surface area contributed by atoms with Crippen molar-refractivity contribution in [3.63, 3.8) is 0 Å². The molecule has 0 aliphatic heterocycles. The fourth-order valence-corrected chi connectivity index (χ4v) is 2.06. The van der Waals surface area contributed by atoms with E-state index in [0.29, 0.717) is 13.0 Å². The molecule has 1 aromatic rings. The lowest BCUT2D eigenvalue weighted by molar-refractivity contribution is 0.0980. The Morgan fingerprint density at radius 3 is 2.47 bits per heavy atom. The van der Waals surface area contributed by atoms with Crippen LogP contribution in [0.4, 0.5) is 0 Å². The Kier molecular flexibility index (Phi) is 4.70. The minimum absolute atomic E-state index is 0.168. The Hall–Kier alpha value is -1.35. The summed E-state index contributed by atoms with van der Waals surface area (Å²) in [5.74, 6) is 1.04. The molecule has 0 radical (unpaired) electrons. The molecular formula is C14H21NO2. The fourth-order valence-electron chi connectivity index (χ4n) is 2.06. The van der Waals surface area contributed by atoms with Crippen molar-refractivity contribution in [3.8, 4) is 5.75 Å². The molecule has 0 atom stereocenters. The smallest absolute Gasteiger partial charge is 0.163 e. The van der Waals surface area contributed by atoms with E-state index >= 15 is 0 Å². The van der Waals surface area contributed by atoms with Gasteiger partial charge in [-0.25, -0.2) is 0 Å². The molecule has 3 heteroatoms. The van der Waals surface area contributed by atoms with Crippen LogP contribution in [0.25, 0.3) is 0 Å². The lowest BCUT2D eigenvalue weighted by atomic mass is 9.94. The highest BCUT2D eigenvalue weighted by Crippen LogP contribution is 2.29. The van der Waals surface area contributed by atoms with Gasteiger partial charge in [0.2, 0.25) is 0 Å². The van der Waals surface area contributed by atoms with Gasteiger partial charge in [-0.1, -0.05) is 0 Å². The molecule has 0 saturated carbocycles. The van der Waals surface area contributed by atoms with Crippen LogP contribution in [0.15, 0.2) is 6.07 Å². The molecule has 0 unspecified atom stereocenters. The second-order valence-corrected chi connectivity index (χ2v) is 4.34. The second kappa shape index (κ2) is 5.82. The SMILES string of the molecule is COc1c(C)cc(C(=O)CCCN)c(C)c1C. The highest BCUT2D eigenvalue weighted by molar-refractivity contribution is 5.98. The minimum Gasteiger partial charge on any atom is -0.496 e. The number of aryl methyl sites for hydroxylation is 1. The second-order valence-electron chi connectivity index (χ2n) is 4.34. The van der Waals surface area contributed by atoms with Crippen LogP contribution in [0.3, 0.4) is 0 Å². The normalized spacial score (nSPS) is 10.4. The molecule has 2 N–H and O–H groups in total. The predicted octanol–water partition coefficient (Wildman–Crippen LogP) is 2.54. The van der Waals surface area contributed by atoms with Crippen molar-refractivity contribution >= 4 is 5.78 Å². The molecule has 0 fully saturated rings. The van der Waals surface area contributed by atoms with Gasteiger partial charge in [-0.3, -0.25) is 4.79 Å². The summed E-state index contributed by atoms with van der Waals surface area (Å²) in [6, 6.07) is 1.92. The fraction of sp³-hybridized carbons (Fsp3) is 0.500. The molecule has 94 valence electrons. The molecule has 17 heavy (non-hydrogen) atoms. The zero-order valence-corrected chi connectivity index (χ0v) is 11.1. The third kappa shape index (κ3) is 2.86. The van der Waals surface area contributed by atoms with Crippen LogP contribution in [-0.2, 0) is 0 Å². The van der Waals surface area contributed by atoms with E-state index in [1.165, 1.54) is 0 Å². The average Bonchev–Trinajstić information content (AvgIpc) is 2.31. The third-order valence-corrected chi connectivity index (χ3v) is 3.14. The van der Waals surface area contributed by atoms with Crippen LogP contribution < -0.4 is 10.5 Å². The molecule has 0 amide bonds. The van der Waals surface area contributed by atoms with E-state index in [9.17, 15) is 4.79 Å². The summed E-state index contributed by atoms with van der Waals surface area (Å²) in [5, 5.41) is 0. The molecule has 0 saturated heterocycles. The van der Waals surface area contributed by atoms with Crippen molar-refractivity contribution in [3.05, 3.63) is 28.3 Å². The predicted molar refractivity (Wildman–Crippen MR) is 69.8 cm³/mol. The first-order chi connectivity index (χ1) is 8.02. The third-order valence-electron chi connectivity index (χ3n) is 3.14. The number of ketones is 1. The van der Waals surface area contributed by atoms with E-state index in [1.54, 1.807) is 7.11 Å². The highest BCUT2D eigenvalue weighted by Gasteiger charge is 2.15. The van der Waals surface area contributed by atoms with Crippen molar-refractivity contribution in [1.29, 1.82) is 0 Å². The number of carbonyl (C=O) groups is 1. The summed E-state index contributed by atoms with van der Waals surface area (Å²) >= 11 is 0. The molecule has 0 aliphatic rings. The van der Waals surface area contributed by atoms with Crippen LogP contribution in [0, 0.1) is 20.8 Å². The number of benzene rings is 1. The van der Waals surface area contributed by atoms with Crippen LogP contribution >= 0.6 is 0 Å². The summed E-state index contributed by atoms with van der Waals surface area (Å²) < 4.78 is 5.34. The Morgan fingerprint density at radius 2 is 1.94 bits per heavy atom. The van der Waals surface area contributed by atoms with Gasteiger partial charge in [-0.15, -0.1) is 0 Å². The molecule has 1 aromatic carbocycles. The van der Waals surface area contributed by atoms with Crippen LogP contribution in [0.2, 0.25) is 0 Å². The average molecular weight is 235 g/mol. The maximum Gasteiger partial charge on any atom is 0.163 e. The van der Waals surface area contributed by atoms with Crippen LogP contribution in [-0.4, -0.2) is 19.4 Å². The van der Waals surface area contributed by atoms with Gasteiger partial charge in [0.1, 0.15) is 5.75 Å². The first-order valence-electron chi connectivity index (χ1n) is 5.91. The van der Waals surface area contributed by atoms with E-state index in [4.69, 9.17) is 10.5 Å². The van der Waals surface area contributed by atoms with Crippen molar-refractivity contribution < 1.29 is 9.53 Å². The van der Waals surface area contributed by atoms with Gasteiger partial charge in [0, 0.05) is 12.0 Å². The zero-order valence-electron chi connectivity index (χ0n) is 11.1. The standard InChI is InChI=1S/C14H21NO2/c1-9-8-12(13(16)6-5-7-15)10(2)11(3)14(9)17-4/h8H,5-7,15H2,1-4H3. The Morgan fingerprint density at radius 1 is 1.29 bits per heavy atom. The quantitative estimate of drug-likeness (QED) is 0.798. The largest absolute Gasteiger partial charge is 0.496 e. The van der Waals surface area contributed by atoms with Crippen molar-refractivity contribution in [2.75, 3.05) is 13.7 Å². The summed E-state index contributed by atoms with van der Waals surface area (Å²) in [6.45, 7) is 6.47. The van der Waals surface area contributed by atoms with Crippen molar-refractivity contribution in [2.24, 2.45) is 5.73 Å². The van der Waals surface area contributed by atoms with E-state index in [-0.39, 0.29) is 5.78 Å². The first-order valence-corrected chi connectivity index (χ1v) is 5.91. The number of carbonyl (C=O) groups excluding carboxylic acids is 1. The maximum atomic E-state index is 12.0.